The molecule has 14 heavy (non-hydrogen) atoms. The van der Waals surface area contributed by atoms with E-state index in [-0.39, 0.29) is 17.0 Å². The molecule has 1 aliphatic rings. The first-order valence-electron chi connectivity index (χ1n) is 5.04. The molecule has 0 aromatic rings. The van der Waals surface area contributed by atoms with E-state index in [2.05, 4.69) is 0 Å². The smallest absolute Gasteiger partial charge is 0.154 e. The molecule has 0 bridgehead atoms. The molecule has 2 N–H and O–H groups in total. The fourth-order valence-electron chi connectivity index (χ4n) is 1.96. The van der Waals surface area contributed by atoms with Crippen LogP contribution in [-0.2, 0) is 14.6 Å². The molecular weight excluding hydrogens is 202 g/mol. The van der Waals surface area contributed by atoms with Crippen molar-refractivity contribution in [3.63, 3.8) is 0 Å². The number of sulfone groups is 1. The molecule has 0 amide bonds. The summed E-state index contributed by atoms with van der Waals surface area (Å²) in [4.78, 5) is 0. The van der Waals surface area contributed by atoms with Crippen LogP contribution < -0.4 is 5.73 Å². The molecule has 4 nitrogen and oxygen atoms in total. The van der Waals surface area contributed by atoms with Gasteiger partial charge in [-0.2, -0.15) is 0 Å². The van der Waals surface area contributed by atoms with E-state index < -0.39 is 9.84 Å². The van der Waals surface area contributed by atoms with Gasteiger partial charge in [-0.25, -0.2) is 8.42 Å². The van der Waals surface area contributed by atoms with Crippen molar-refractivity contribution in [2.45, 2.75) is 37.0 Å². The lowest BCUT2D eigenvalue weighted by Crippen LogP contribution is -2.37. The summed E-state index contributed by atoms with van der Waals surface area (Å²) in [5.74, 6) is 0.208. The monoisotopic (exact) mass is 221 g/mol. The van der Waals surface area contributed by atoms with E-state index in [1.54, 1.807) is 7.11 Å². The number of rotatable bonds is 5. The number of nitrogens with two attached hydrogens (primary N) is 1. The zero-order chi connectivity index (χ0) is 10.6. The molecule has 1 fully saturated rings. The van der Waals surface area contributed by atoms with Crippen molar-refractivity contribution in [1.29, 1.82) is 0 Å². The van der Waals surface area contributed by atoms with Crippen LogP contribution in [0, 0.1) is 0 Å². The Kier molecular flexibility index (Phi) is 4.34. The van der Waals surface area contributed by atoms with E-state index in [4.69, 9.17) is 10.5 Å². The van der Waals surface area contributed by atoms with E-state index in [0.717, 1.165) is 19.3 Å². The first-order chi connectivity index (χ1) is 6.58. The zero-order valence-electron chi connectivity index (χ0n) is 8.61. The minimum atomic E-state index is -2.99. The van der Waals surface area contributed by atoms with E-state index in [9.17, 15) is 8.42 Å². The second-order valence-corrected chi connectivity index (χ2v) is 6.19. The van der Waals surface area contributed by atoms with Crippen LogP contribution in [0.2, 0.25) is 0 Å². The predicted octanol–water partition coefficient (Wildman–Crippen LogP) is 0.318. The van der Waals surface area contributed by atoms with Crippen molar-refractivity contribution in [1.82, 2.24) is 0 Å². The van der Waals surface area contributed by atoms with Crippen molar-refractivity contribution in [2.24, 2.45) is 5.73 Å². The van der Waals surface area contributed by atoms with Crippen LogP contribution in [0.15, 0.2) is 0 Å². The molecule has 0 spiro atoms. The molecule has 0 aromatic carbocycles. The third-order valence-corrected chi connectivity index (χ3v) is 5.11. The lowest BCUT2D eigenvalue weighted by Gasteiger charge is -2.15. The normalized spacial score (nSPS) is 28.1. The van der Waals surface area contributed by atoms with Crippen molar-refractivity contribution in [3.8, 4) is 0 Å². The molecule has 1 rings (SSSR count). The maximum absolute atomic E-state index is 11.8. The molecule has 0 saturated heterocycles. The van der Waals surface area contributed by atoms with Crippen LogP contribution in [-0.4, -0.2) is 39.2 Å². The Balaban J connectivity index is 2.47. The molecule has 84 valence electrons. The third-order valence-electron chi connectivity index (χ3n) is 2.74. The molecule has 1 saturated carbocycles. The summed E-state index contributed by atoms with van der Waals surface area (Å²) < 4.78 is 28.4. The molecule has 2 atom stereocenters. The van der Waals surface area contributed by atoms with Crippen molar-refractivity contribution >= 4 is 9.84 Å². The van der Waals surface area contributed by atoms with Gasteiger partial charge >= 0.3 is 0 Å². The highest BCUT2D eigenvalue weighted by Crippen LogP contribution is 2.24. The lowest BCUT2D eigenvalue weighted by molar-refractivity contribution is 0.199. The van der Waals surface area contributed by atoms with E-state index in [1.807, 2.05) is 0 Å². The van der Waals surface area contributed by atoms with Gasteiger partial charge in [0.25, 0.3) is 0 Å². The molecule has 0 aromatic heterocycles. The van der Waals surface area contributed by atoms with Crippen molar-refractivity contribution in [2.75, 3.05) is 19.5 Å². The van der Waals surface area contributed by atoms with Gasteiger partial charge in [-0.3, -0.25) is 0 Å². The average Bonchev–Trinajstić information content (AvgIpc) is 2.52. The number of ether oxygens (including phenoxy) is 1. The molecule has 0 aliphatic heterocycles. The Hall–Kier alpha value is -0.130. The number of methoxy groups -OCH3 is 1. The van der Waals surface area contributed by atoms with Gasteiger partial charge in [0, 0.05) is 19.8 Å². The largest absolute Gasteiger partial charge is 0.385 e. The minimum absolute atomic E-state index is 0.150. The number of hydrogen-bond acceptors (Lipinski definition) is 4. The summed E-state index contributed by atoms with van der Waals surface area (Å²) in [5.41, 5.74) is 5.76. The summed E-state index contributed by atoms with van der Waals surface area (Å²) in [5, 5.41) is -0.306. The van der Waals surface area contributed by atoms with Crippen LogP contribution in [0.3, 0.4) is 0 Å². The van der Waals surface area contributed by atoms with Crippen LogP contribution in [0.4, 0.5) is 0 Å². The van der Waals surface area contributed by atoms with Gasteiger partial charge in [-0.1, -0.05) is 6.42 Å². The van der Waals surface area contributed by atoms with Gasteiger partial charge in [0.2, 0.25) is 0 Å². The topological polar surface area (TPSA) is 69.4 Å². The van der Waals surface area contributed by atoms with Gasteiger partial charge in [-0.05, 0) is 19.3 Å². The van der Waals surface area contributed by atoms with Crippen molar-refractivity contribution < 1.29 is 13.2 Å². The third kappa shape index (κ3) is 2.93. The number of hydrogen-bond donors (Lipinski definition) is 1. The maximum atomic E-state index is 11.8. The lowest BCUT2D eigenvalue weighted by atomic mass is 10.3. The van der Waals surface area contributed by atoms with Crippen LogP contribution in [0.25, 0.3) is 0 Å². The summed E-state index contributed by atoms with van der Waals surface area (Å²) in [6, 6.07) is -0.150. The Labute approximate surface area is 85.7 Å². The van der Waals surface area contributed by atoms with E-state index in [1.165, 1.54) is 0 Å². The second kappa shape index (κ2) is 5.09. The average molecular weight is 221 g/mol. The summed E-state index contributed by atoms with van der Waals surface area (Å²) in [7, 11) is -1.41. The Bertz CT molecular complexity index is 263. The summed E-state index contributed by atoms with van der Waals surface area (Å²) in [6.45, 7) is 0.501. The minimum Gasteiger partial charge on any atom is -0.385 e. The maximum Gasteiger partial charge on any atom is 0.154 e. The summed E-state index contributed by atoms with van der Waals surface area (Å²) >= 11 is 0. The molecule has 0 radical (unpaired) electrons. The highest BCUT2D eigenvalue weighted by atomic mass is 32.2. The molecule has 0 heterocycles. The standard InChI is InChI=1S/C9H19NO3S/c1-13-6-3-7-14(11,12)9-5-2-4-8(9)10/h8-9H,2-7,10H2,1H3. The fourth-order valence-corrected chi connectivity index (χ4v) is 3.97. The molecule has 1 aliphatic carbocycles. The van der Waals surface area contributed by atoms with Gasteiger partial charge in [-0.15, -0.1) is 0 Å². The van der Waals surface area contributed by atoms with Gasteiger partial charge in [0.1, 0.15) is 0 Å². The highest BCUT2D eigenvalue weighted by Gasteiger charge is 2.34. The van der Waals surface area contributed by atoms with Crippen molar-refractivity contribution in [3.05, 3.63) is 0 Å². The summed E-state index contributed by atoms with van der Waals surface area (Å²) in [6.07, 6.45) is 3.09. The van der Waals surface area contributed by atoms with E-state index >= 15 is 0 Å². The quantitative estimate of drug-likeness (QED) is 0.679. The second-order valence-electron chi connectivity index (χ2n) is 3.85. The van der Waals surface area contributed by atoms with Crippen LogP contribution >= 0.6 is 0 Å². The van der Waals surface area contributed by atoms with Crippen LogP contribution in [0.5, 0.6) is 0 Å². The highest BCUT2D eigenvalue weighted by molar-refractivity contribution is 7.92. The van der Waals surface area contributed by atoms with Gasteiger partial charge < -0.3 is 10.5 Å². The predicted molar refractivity (Wildman–Crippen MR) is 55.9 cm³/mol. The zero-order valence-corrected chi connectivity index (χ0v) is 9.42. The van der Waals surface area contributed by atoms with E-state index in [0.29, 0.717) is 13.0 Å². The Morgan fingerprint density at radius 2 is 2.14 bits per heavy atom. The molecule has 2 unspecified atom stereocenters. The first-order valence-corrected chi connectivity index (χ1v) is 6.75. The molecular formula is C9H19NO3S. The SMILES string of the molecule is COCCCS(=O)(=O)C1CCCC1N. The Morgan fingerprint density at radius 3 is 2.64 bits per heavy atom. The Morgan fingerprint density at radius 1 is 1.43 bits per heavy atom. The first kappa shape index (κ1) is 11.9. The van der Waals surface area contributed by atoms with Crippen LogP contribution in [0.1, 0.15) is 25.7 Å². The fraction of sp³-hybridized carbons (Fsp3) is 1.00. The van der Waals surface area contributed by atoms with Gasteiger partial charge in [0.05, 0.1) is 11.0 Å². The van der Waals surface area contributed by atoms with Gasteiger partial charge in [0.15, 0.2) is 9.84 Å². The molecule has 5 heteroatoms.